The van der Waals surface area contributed by atoms with Gasteiger partial charge in [-0.15, -0.1) is 0 Å². The third kappa shape index (κ3) is 3.53. The van der Waals surface area contributed by atoms with Crippen LogP contribution in [0.1, 0.15) is 43.2 Å². The minimum absolute atomic E-state index is 0.115. The van der Waals surface area contributed by atoms with Gasteiger partial charge in [-0.25, -0.2) is 4.98 Å². The van der Waals surface area contributed by atoms with Gasteiger partial charge in [-0.3, -0.25) is 4.40 Å². The van der Waals surface area contributed by atoms with E-state index < -0.39 is 11.7 Å². The van der Waals surface area contributed by atoms with Crippen molar-refractivity contribution in [3.05, 3.63) is 53.7 Å². The Hall–Kier alpha value is -2.50. The van der Waals surface area contributed by atoms with Crippen LogP contribution in [0.5, 0.6) is 0 Å². The Kier molecular flexibility index (Phi) is 4.58. The summed E-state index contributed by atoms with van der Waals surface area (Å²) >= 11 is 0. The zero-order valence-electron chi connectivity index (χ0n) is 15.2. The van der Waals surface area contributed by atoms with Gasteiger partial charge in [0.1, 0.15) is 17.2 Å². The van der Waals surface area contributed by atoms with Crippen molar-refractivity contribution in [2.75, 3.05) is 5.32 Å². The molecule has 2 aromatic heterocycles. The normalized spacial score (nSPS) is 16.0. The number of nitrogens with one attached hydrogen (secondary N) is 1. The highest BCUT2D eigenvalue weighted by molar-refractivity contribution is 5.79. The molecule has 2 heterocycles. The number of nitrogens with zero attached hydrogens (tertiary/aromatic N) is 2. The number of alkyl halides is 3. The maximum Gasteiger partial charge on any atom is 0.417 e. The second kappa shape index (κ2) is 6.91. The van der Waals surface area contributed by atoms with E-state index in [2.05, 4.69) is 10.3 Å². The lowest BCUT2D eigenvalue weighted by Crippen LogP contribution is -2.23. The van der Waals surface area contributed by atoms with Crippen LogP contribution < -0.4 is 5.32 Å². The van der Waals surface area contributed by atoms with Crippen molar-refractivity contribution in [3.8, 4) is 11.3 Å². The monoisotopic (exact) mass is 373 g/mol. The molecule has 0 saturated heterocycles. The number of benzene rings is 1. The first-order chi connectivity index (χ1) is 12.9. The summed E-state index contributed by atoms with van der Waals surface area (Å²) in [6, 6.07) is 9.77. The van der Waals surface area contributed by atoms with Crippen molar-refractivity contribution >= 4 is 11.5 Å². The van der Waals surface area contributed by atoms with Gasteiger partial charge in [0, 0.05) is 17.8 Å². The molecule has 0 aliphatic heterocycles. The predicted octanol–water partition coefficient (Wildman–Crippen LogP) is 6.07. The number of halogens is 3. The highest BCUT2D eigenvalue weighted by Crippen LogP contribution is 2.40. The Labute approximate surface area is 156 Å². The molecule has 0 atom stereocenters. The number of pyridine rings is 1. The summed E-state index contributed by atoms with van der Waals surface area (Å²) in [4.78, 5) is 4.58. The molecule has 1 aliphatic rings. The molecule has 1 fully saturated rings. The molecule has 142 valence electrons. The Morgan fingerprint density at radius 1 is 1.07 bits per heavy atom. The molecule has 3 aromatic rings. The van der Waals surface area contributed by atoms with Crippen molar-refractivity contribution in [3.63, 3.8) is 0 Å². The van der Waals surface area contributed by atoms with E-state index in [4.69, 9.17) is 0 Å². The predicted molar refractivity (Wildman–Crippen MR) is 101 cm³/mol. The number of fused-ring (bicyclic) bond motifs is 1. The van der Waals surface area contributed by atoms with Crippen molar-refractivity contribution in [1.82, 2.24) is 9.38 Å². The van der Waals surface area contributed by atoms with Crippen LogP contribution in [0, 0.1) is 6.92 Å². The Morgan fingerprint density at radius 2 is 1.81 bits per heavy atom. The molecular weight excluding hydrogens is 351 g/mol. The van der Waals surface area contributed by atoms with E-state index in [0.29, 0.717) is 17.2 Å². The average molecular weight is 373 g/mol. The summed E-state index contributed by atoms with van der Waals surface area (Å²) in [5.41, 5.74) is 1.49. The van der Waals surface area contributed by atoms with E-state index in [-0.39, 0.29) is 11.6 Å². The number of imidazole rings is 1. The maximum atomic E-state index is 13.6. The fourth-order valence-corrected chi connectivity index (χ4v) is 3.85. The molecule has 27 heavy (non-hydrogen) atoms. The zero-order chi connectivity index (χ0) is 19.0. The topological polar surface area (TPSA) is 29.3 Å². The van der Waals surface area contributed by atoms with Crippen molar-refractivity contribution < 1.29 is 13.2 Å². The molecule has 1 N–H and O–H groups in total. The second-order valence-corrected chi connectivity index (χ2v) is 7.26. The maximum absolute atomic E-state index is 13.6. The molecule has 0 spiro atoms. The number of anilines is 1. The van der Waals surface area contributed by atoms with Crippen molar-refractivity contribution in [2.24, 2.45) is 0 Å². The number of hydrogen-bond acceptors (Lipinski definition) is 2. The van der Waals surface area contributed by atoms with Crippen LogP contribution in [-0.4, -0.2) is 15.4 Å². The lowest BCUT2D eigenvalue weighted by molar-refractivity contribution is -0.137. The number of hydrogen-bond donors (Lipinski definition) is 1. The lowest BCUT2D eigenvalue weighted by Gasteiger charge is -2.24. The SMILES string of the molecule is Cc1ccn2c(NC3CCCCC3)c(-c3ccccc3C(F)(F)F)nc2c1. The summed E-state index contributed by atoms with van der Waals surface area (Å²) in [6.07, 6.45) is 3.00. The van der Waals surface area contributed by atoms with Gasteiger partial charge < -0.3 is 5.32 Å². The second-order valence-electron chi connectivity index (χ2n) is 7.26. The number of aryl methyl sites for hydroxylation is 1. The van der Waals surface area contributed by atoms with E-state index in [9.17, 15) is 13.2 Å². The van der Waals surface area contributed by atoms with Gasteiger partial charge in [-0.2, -0.15) is 13.2 Å². The van der Waals surface area contributed by atoms with Gasteiger partial charge in [0.15, 0.2) is 0 Å². The molecule has 4 rings (SSSR count). The minimum atomic E-state index is -4.43. The number of rotatable bonds is 3. The van der Waals surface area contributed by atoms with Crippen molar-refractivity contribution in [1.29, 1.82) is 0 Å². The molecular formula is C21H22F3N3. The lowest BCUT2D eigenvalue weighted by atomic mass is 9.95. The van der Waals surface area contributed by atoms with Crippen LogP contribution in [0.4, 0.5) is 19.0 Å². The fraction of sp³-hybridized carbons (Fsp3) is 0.381. The first-order valence-electron chi connectivity index (χ1n) is 9.35. The van der Waals surface area contributed by atoms with Gasteiger partial charge in [0.05, 0.1) is 5.56 Å². The van der Waals surface area contributed by atoms with Gasteiger partial charge in [0.25, 0.3) is 0 Å². The highest BCUT2D eigenvalue weighted by Gasteiger charge is 2.35. The molecule has 1 aromatic carbocycles. The number of aromatic nitrogens is 2. The van der Waals surface area contributed by atoms with Gasteiger partial charge in [-0.05, 0) is 43.5 Å². The van der Waals surface area contributed by atoms with Crippen LogP contribution in [0.25, 0.3) is 16.9 Å². The molecule has 1 saturated carbocycles. The highest BCUT2D eigenvalue weighted by atomic mass is 19.4. The molecule has 0 amide bonds. The Bertz CT molecular complexity index is 953. The minimum Gasteiger partial charge on any atom is -0.367 e. The first-order valence-corrected chi connectivity index (χ1v) is 9.35. The molecule has 1 aliphatic carbocycles. The van der Waals surface area contributed by atoms with E-state index >= 15 is 0 Å². The van der Waals surface area contributed by atoms with E-state index in [1.807, 2.05) is 29.7 Å². The van der Waals surface area contributed by atoms with Crippen LogP contribution in [0.15, 0.2) is 42.6 Å². The summed E-state index contributed by atoms with van der Waals surface area (Å²) < 4.78 is 42.6. The Morgan fingerprint density at radius 3 is 2.56 bits per heavy atom. The van der Waals surface area contributed by atoms with Gasteiger partial charge in [0.2, 0.25) is 0 Å². The Balaban J connectivity index is 1.88. The standard InChI is InChI=1S/C21H22F3N3/c1-14-11-12-27-18(13-14)26-19(20(27)25-15-7-3-2-4-8-15)16-9-5-6-10-17(16)21(22,23)24/h5-6,9-13,15,25H,2-4,7-8H2,1H3. The van der Waals surface area contributed by atoms with E-state index in [1.54, 1.807) is 6.07 Å². The van der Waals surface area contributed by atoms with Crippen LogP contribution in [0.2, 0.25) is 0 Å². The van der Waals surface area contributed by atoms with E-state index in [1.165, 1.54) is 18.6 Å². The zero-order valence-corrected chi connectivity index (χ0v) is 15.2. The van der Waals surface area contributed by atoms with Gasteiger partial charge >= 0.3 is 6.18 Å². The quantitative estimate of drug-likeness (QED) is 0.603. The first kappa shape index (κ1) is 17.9. The third-order valence-corrected chi connectivity index (χ3v) is 5.22. The molecule has 0 radical (unpaired) electrons. The summed E-state index contributed by atoms with van der Waals surface area (Å²) in [7, 11) is 0. The van der Waals surface area contributed by atoms with Crippen LogP contribution in [-0.2, 0) is 6.18 Å². The average Bonchev–Trinajstić information content (AvgIpc) is 2.99. The molecule has 0 unspecified atom stereocenters. The fourth-order valence-electron chi connectivity index (χ4n) is 3.85. The summed E-state index contributed by atoms with van der Waals surface area (Å²) in [5.74, 6) is 0.647. The van der Waals surface area contributed by atoms with Crippen molar-refractivity contribution in [2.45, 2.75) is 51.2 Å². The molecule has 0 bridgehead atoms. The van der Waals surface area contributed by atoms with Gasteiger partial charge in [-0.1, -0.05) is 37.5 Å². The van der Waals surface area contributed by atoms with E-state index in [0.717, 1.165) is 37.3 Å². The molecule has 3 nitrogen and oxygen atoms in total. The largest absolute Gasteiger partial charge is 0.417 e. The smallest absolute Gasteiger partial charge is 0.367 e. The van der Waals surface area contributed by atoms with Crippen LogP contribution in [0.3, 0.4) is 0 Å². The summed E-state index contributed by atoms with van der Waals surface area (Å²) in [6.45, 7) is 1.95. The van der Waals surface area contributed by atoms with Crippen LogP contribution >= 0.6 is 0 Å². The molecule has 6 heteroatoms. The third-order valence-electron chi connectivity index (χ3n) is 5.22. The summed E-state index contributed by atoms with van der Waals surface area (Å²) in [5, 5.41) is 3.50.